The predicted molar refractivity (Wildman–Crippen MR) is 89.3 cm³/mol. The summed E-state index contributed by atoms with van der Waals surface area (Å²) in [5.74, 6) is 1.20. The molecule has 0 saturated heterocycles. The number of carbonyl (C=O) groups excluding carboxylic acids is 1. The van der Waals surface area contributed by atoms with Crippen LogP contribution < -0.4 is 5.32 Å². The van der Waals surface area contributed by atoms with E-state index < -0.39 is 0 Å². The minimum Gasteiger partial charge on any atom is -0.347 e. The Labute approximate surface area is 129 Å². The molecule has 0 aromatic heterocycles. The van der Waals surface area contributed by atoms with E-state index in [1.165, 1.54) is 11.1 Å². The summed E-state index contributed by atoms with van der Waals surface area (Å²) in [6.07, 6.45) is 0.862. The van der Waals surface area contributed by atoms with Crippen molar-refractivity contribution in [3.63, 3.8) is 0 Å². The first-order valence-corrected chi connectivity index (χ1v) is 7.84. The molecule has 0 radical (unpaired) electrons. The van der Waals surface area contributed by atoms with Gasteiger partial charge in [-0.15, -0.1) is 0 Å². The Morgan fingerprint density at radius 3 is 2.10 bits per heavy atom. The summed E-state index contributed by atoms with van der Waals surface area (Å²) in [6, 6.07) is 8.54. The third-order valence-corrected chi connectivity index (χ3v) is 3.64. The predicted octanol–water partition coefficient (Wildman–Crippen LogP) is 3.40. The van der Waals surface area contributed by atoms with Gasteiger partial charge in [0.25, 0.3) is 0 Å². The molecule has 1 aromatic carbocycles. The third-order valence-electron chi connectivity index (χ3n) is 3.64. The number of hydrogen-bond acceptors (Lipinski definition) is 2. The zero-order chi connectivity index (χ0) is 16.0. The fourth-order valence-corrected chi connectivity index (χ4v) is 2.32. The maximum Gasteiger partial charge on any atom is 0.239 e. The van der Waals surface area contributed by atoms with Crippen molar-refractivity contribution in [2.45, 2.75) is 52.6 Å². The van der Waals surface area contributed by atoms with Gasteiger partial charge in [0, 0.05) is 20.6 Å². The van der Waals surface area contributed by atoms with E-state index in [-0.39, 0.29) is 11.9 Å². The van der Waals surface area contributed by atoms with Crippen molar-refractivity contribution in [1.29, 1.82) is 0 Å². The number of likely N-dealkylation sites (N-methyl/N-ethyl adjacent to an activating group) is 1. The van der Waals surface area contributed by atoms with Gasteiger partial charge in [-0.2, -0.15) is 0 Å². The van der Waals surface area contributed by atoms with Crippen LogP contribution in [0.2, 0.25) is 0 Å². The SMILES string of the molecule is CC(C)CC(NCc1ccc(C(C)C)cc1)C(=O)N(C)C. The zero-order valence-electron chi connectivity index (χ0n) is 14.3. The van der Waals surface area contributed by atoms with Crippen LogP contribution in [0.1, 0.15) is 51.2 Å². The third kappa shape index (κ3) is 5.88. The zero-order valence-corrected chi connectivity index (χ0v) is 14.3. The number of rotatable bonds is 7. The molecule has 3 nitrogen and oxygen atoms in total. The van der Waals surface area contributed by atoms with Crippen LogP contribution in [-0.4, -0.2) is 30.9 Å². The molecule has 1 rings (SSSR count). The van der Waals surface area contributed by atoms with Gasteiger partial charge in [-0.25, -0.2) is 0 Å². The Balaban J connectivity index is 2.65. The standard InChI is InChI=1S/C18H30N2O/c1-13(2)11-17(18(21)20(5)6)19-12-15-7-9-16(10-8-15)14(3)4/h7-10,13-14,17,19H,11-12H2,1-6H3. The molecule has 1 atom stereocenters. The van der Waals surface area contributed by atoms with Crippen LogP contribution in [-0.2, 0) is 11.3 Å². The summed E-state index contributed by atoms with van der Waals surface area (Å²) in [4.78, 5) is 13.9. The lowest BCUT2D eigenvalue weighted by Crippen LogP contribution is -2.44. The largest absolute Gasteiger partial charge is 0.347 e. The molecule has 0 heterocycles. The highest BCUT2D eigenvalue weighted by Crippen LogP contribution is 2.15. The maximum atomic E-state index is 12.2. The average molecular weight is 290 g/mol. The first-order valence-electron chi connectivity index (χ1n) is 7.84. The second-order valence-corrected chi connectivity index (χ2v) is 6.69. The molecule has 1 N–H and O–H groups in total. The van der Waals surface area contributed by atoms with Gasteiger partial charge in [0.2, 0.25) is 5.91 Å². The fraction of sp³-hybridized carbons (Fsp3) is 0.611. The van der Waals surface area contributed by atoms with Crippen molar-refractivity contribution < 1.29 is 4.79 Å². The Morgan fingerprint density at radius 1 is 1.10 bits per heavy atom. The van der Waals surface area contributed by atoms with Crippen LogP contribution in [0, 0.1) is 5.92 Å². The second-order valence-electron chi connectivity index (χ2n) is 6.69. The molecule has 0 saturated carbocycles. The van der Waals surface area contributed by atoms with Crippen molar-refractivity contribution >= 4 is 5.91 Å². The number of amides is 1. The molecule has 0 aliphatic rings. The average Bonchev–Trinajstić information content (AvgIpc) is 2.42. The van der Waals surface area contributed by atoms with E-state index in [0.717, 1.165) is 13.0 Å². The van der Waals surface area contributed by atoms with Crippen LogP contribution in [0.15, 0.2) is 24.3 Å². The molecule has 118 valence electrons. The minimum absolute atomic E-state index is 0.107. The summed E-state index contributed by atoms with van der Waals surface area (Å²) in [5.41, 5.74) is 2.57. The molecule has 0 fully saturated rings. The van der Waals surface area contributed by atoms with E-state index in [2.05, 4.69) is 57.3 Å². The van der Waals surface area contributed by atoms with Crippen molar-refractivity contribution in [2.24, 2.45) is 5.92 Å². The number of carbonyl (C=O) groups is 1. The van der Waals surface area contributed by atoms with E-state index in [1.54, 1.807) is 4.90 Å². The Kier molecular flexibility index (Phi) is 6.90. The monoisotopic (exact) mass is 290 g/mol. The molecule has 0 spiro atoms. The fourth-order valence-electron chi connectivity index (χ4n) is 2.32. The summed E-state index contributed by atoms with van der Waals surface area (Å²) in [5, 5.41) is 3.41. The van der Waals surface area contributed by atoms with E-state index >= 15 is 0 Å². The van der Waals surface area contributed by atoms with Crippen LogP contribution >= 0.6 is 0 Å². The Bertz CT molecular complexity index is 435. The topological polar surface area (TPSA) is 32.3 Å². The van der Waals surface area contributed by atoms with Gasteiger partial charge in [0.1, 0.15) is 0 Å². The van der Waals surface area contributed by atoms with Crippen LogP contribution in [0.25, 0.3) is 0 Å². The van der Waals surface area contributed by atoms with E-state index in [4.69, 9.17) is 0 Å². The van der Waals surface area contributed by atoms with Crippen molar-refractivity contribution in [2.75, 3.05) is 14.1 Å². The van der Waals surface area contributed by atoms with Gasteiger partial charge in [-0.3, -0.25) is 4.79 Å². The lowest BCUT2D eigenvalue weighted by atomic mass is 10.0. The Morgan fingerprint density at radius 2 is 1.67 bits per heavy atom. The molecule has 1 amide bonds. The lowest BCUT2D eigenvalue weighted by molar-refractivity contribution is -0.131. The van der Waals surface area contributed by atoms with Gasteiger partial charge in [0.15, 0.2) is 0 Å². The molecule has 0 aliphatic heterocycles. The van der Waals surface area contributed by atoms with Gasteiger partial charge < -0.3 is 10.2 Å². The highest BCUT2D eigenvalue weighted by atomic mass is 16.2. The normalized spacial score (nSPS) is 12.8. The summed E-state index contributed by atoms with van der Waals surface area (Å²) < 4.78 is 0. The molecule has 1 unspecified atom stereocenters. The molecule has 21 heavy (non-hydrogen) atoms. The molecular formula is C18H30N2O. The summed E-state index contributed by atoms with van der Waals surface area (Å²) in [6.45, 7) is 9.42. The number of hydrogen-bond donors (Lipinski definition) is 1. The highest BCUT2D eigenvalue weighted by Gasteiger charge is 2.20. The van der Waals surface area contributed by atoms with Crippen molar-refractivity contribution in [3.05, 3.63) is 35.4 Å². The maximum absolute atomic E-state index is 12.2. The summed E-state index contributed by atoms with van der Waals surface area (Å²) >= 11 is 0. The lowest BCUT2D eigenvalue weighted by Gasteiger charge is -2.23. The highest BCUT2D eigenvalue weighted by molar-refractivity contribution is 5.81. The molecular weight excluding hydrogens is 260 g/mol. The minimum atomic E-state index is -0.107. The van der Waals surface area contributed by atoms with Gasteiger partial charge in [0.05, 0.1) is 6.04 Å². The molecule has 3 heteroatoms. The molecule has 1 aromatic rings. The number of nitrogens with zero attached hydrogens (tertiary/aromatic N) is 1. The smallest absolute Gasteiger partial charge is 0.239 e. The number of benzene rings is 1. The number of nitrogens with one attached hydrogen (secondary N) is 1. The van der Waals surface area contributed by atoms with Gasteiger partial charge >= 0.3 is 0 Å². The van der Waals surface area contributed by atoms with Crippen LogP contribution in [0.5, 0.6) is 0 Å². The van der Waals surface area contributed by atoms with Crippen molar-refractivity contribution in [1.82, 2.24) is 10.2 Å². The van der Waals surface area contributed by atoms with E-state index in [0.29, 0.717) is 11.8 Å². The second kappa shape index (κ2) is 8.18. The molecule has 0 aliphatic carbocycles. The van der Waals surface area contributed by atoms with Crippen molar-refractivity contribution in [3.8, 4) is 0 Å². The van der Waals surface area contributed by atoms with E-state index in [1.807, 2.05) is 14.1 Å². The Hall–Kier alpha value is -1.35. The van der Waals surface area contributed by atoms with Gasteiger partial charge in [-0.1, -0.05) is 52.0 Å². The first-order chi connectivity index (χ1) is 9.81. The first kappa shape index (κ1) is 17.7. The van der Waals surface area contributed by atoms with E-state index in [9.17, 15) is 4.79 Å². The van der Waals surface area contributed by atoms with Crippen LogP contribution in [0.4, 0.5) is 0 Å². The summed E-state index contributed by atoms with van der Waals surface area (Å²) in [7, 11) is 3.63. The van der Waals surface area contributed by atoms with Crippen LogP contribution in [0.3, 0.4) is 0 Å². The molecule has 0 bridgehead atoms. The van der Waals surface area contributed by atoms with Gasteiger partial charge in [-0.05, 0) is 29.4 Å². The quantitative estimate of drug-likeness (QED) is 0.834.